The predicted molar refractivity (Wildman–Crippen MR) is 74.3 cm³/mol. The summed E-state index contributed by atoms with van der Waals surface area (Å²) >= 11 is 6.11. The molecule has 100 valence electrons. The molecule has 1 aliphatic rings. The molecule has 2 rings (SSSR count). The molecule has 1 aromatic carbocycles. The molecule has 0 amide bonds. The first kappa shape index (κ1) is 13.8. The quantitative estimate of drug-likeness (QED) is 0.850. The second kappa shape index (κ2) is 4.82. The van der Waals surface area contributed by atoms with E-state index in [0.717, 1.165) is 24.8 Å². The fourth-order valence-electron chi connectivity index (χ4n) is 2.93. The zero-order valence-electron chi connectivity index (χ0n) is 11.1. The molecule has 1 nitrogen and oxygen atoms in total. The van der Waals surface area contributed by atoms with Crippen LogP contribution in [0.5, 0.6) is 0 Å². The minimum absolute atomic E-state index is 0.100. The van der Waals surface area contributed by atoms with Crippen LogP contribution in [-0.4, -0.2) is 5.54 Å². The molecule has 0 heterocycles. The van der Waals surface area contributed by atoms with E-state index in [1.807, 2.05) is 0 Å². The summed E-state index contributed by atoms with van der Waals surface area (Å²) in [5.41, 5.74) is 7.43. The zero-order valence-corrected chi connectivity index (χ0v) is 11.9. The molecule has 1 atom stereocenters. The Morgan fingerprint density at radius 2 is 1.94 bits per heavy atom. The van der Waals surface area contributed by atoms with Crippen molar-refractivity contribution in [2.24, 2.45) is 11.1 Å². The Morgan fingerprint density at radius 3 is 2.56 bits per heavy atom. The summed E-state index contributed by atoms with van der Waals surface area (Å²) in [4.78, 5) is 0. The van der Waals surface area contributed by atoms with Crippen LogP contribution in [0.4, 0.5) is 4.39 Å². The maximum Gasteiger partial charge on any atom is 0.124 e. The Labute approximate surface area is 114 Å². The highest BCUT2D eigenvalue weighted by Crippen LogP contribution is 2.44. The minimum atomic E-state index is -0.294. The minimum Gasteiger partial charge on any atom is -0.324 e. The highest BCUT2D eigenvalue weighted by Gasteiger charge is 2.43. The Balaban J connectivity index is 2.26. The van der Waals surface area contributed by atoms with Crippen LogP contribution in [0.25, 0.3) is 0 Å². The average Bonchev–Trinajstić information content (AvgIpc) is 2.27. The van der Waals surface area contributed by atoms with Crippen molar-refractivity contribution in [3.63, 3.8) is 0 Å². The van der Waals surface area contributed by atoms with Gasteiger partial charge in [-0.1, -0.05) is 44.4 Å². The number of benzene rings is 1. The van der Waals surface area contributed by atoms with Gasteiger partial charge in [0.25, 0.3) is 0 Å². The fraction of sp³-hybridized carbons (Fsp3) is 0.600. The summed E-state index contributed by atoms with van der Waals surface area (Å²) in [5.74, 6) is -0.294. The summed E-state index contributed by atoms with van der Waals surface area (Å²) in [6.07, 6.45) is 5.27. The number of rotatable bonds is 2. The van der Waals surface area contributed by atoms with E-state index in [2.05, 4.69) is 13.8 Å². The molecule has 2 N–H and O–H groups in total. The van der Waals surface area contributed by atoms with Gasteiger partial charge in [-0.15, -0.1) is 0 Å². The van der Waals surface area contributed by atoms with Crippen molar-refractivity contribution in [2.45, 2.75) is 51.5 Å². The van der Waals surface area contributed by atoms with Gasteiger partial charge in [-0.3, -0.25) is 0 Å². The van der Waals surface area contributed by atoms with E-state index in [4.69, 9.17) is 17.3 Å². The van der Waals surface area contributed by atoms with Crippen molar-refractivity contribution in [1.82, 2.24) is 0 Å². The molecule has 0 saturated heterocycles. The molecule has 1 aliphatic carbocycles. The molecule has 0 aliphatic heterocycles. The third-order valence-corrected chi connectivity index (χ3v) is 4.90. The van der Waals surface area contributed by atoms with Crippen LogP contribution in [0, 0.1) is 11.2 Å². The van der Waals surface area contributed by atoms with Crippen LogP contribution in [-0.2, 0) is 6.42 Å². The van der Waals surface area contributed by atoms with Crippen LogP contribution >= 0.6 is 11.6 Å². The molecule has 1 aromatic rings. The van der Waals surface area contributed by atoms with E-state index < -0.39 is 0 Å². The highest BCUT2D eigenvalue weighted by molar-refractivity contribution is 6.31. The zero-order chi connectivity index (χ0) is 13.4. The van der Waals surface area contributed by atoms with Crippen LogP contribution in [0.3, 0.4) is 0 Å². The van der Waals surface area contributed by atoms with E-state index in [1.54, 1.807) is 6.07 Å². The predicted octanol–water partition coefficient (Wildman–Crippen LogP) is 4.32. The van der Waals surface area contributed by atoms with Gasteiger partial charge >= 0.3 is 0 Å². The molecule has 1 fully saturated rings. The van der Waals surface area contributed by atoms with Crippen LogP contribution < -0.4 is 5.73 Å². The van der Waals surface area contributed by atoms with E-state index >= 15 is 0 Å². The summed E-state index contributed by atoms with van der Waals surface area (Å²) in [6, 6.07) is 4.59. The first-order chi connectivity index (χ1) is 8.34. The lowest BCUT2D eigenvalue weighted by Crippen LogP contribution is -2.56. The van der Waals surface area contributed by atoms with Gasteiger partial charge in [-0.05, 0) is 42.4 Å². The molecule has 3 heteroatoms. The SMILES string of the molecule is CC1(C)CCCCC1(N)Cc1ccc(F)cc1Cl. The van der Waals surface area contributed by atoms with Gasteiger partial charge in [0.05, 0.1) is 0 Å². The van der Waals surface area contributed by atoms with E-state index in [1.165, 1.54) is 25.0 Å². The van der Waals surface area contributed by atoms with Crippen LogP contribution in [0.15, 0.2) is 18.2 Å². The molecule has 0 bridgehead atoms. The van der Waals surface area contributed by atoms with Gasteiger partial charge in [0, 0.05) is 10.6 Å². The van der Waals surface area contributed by atoms with Crippen molar-refractivity contribution in [3.8, 4) is 0 Å². The van der Waals surface area contributed by atoms with Crippen molar-refractivity contribution >= 4 is 11.6 Å². The maximum absolute atomic E-state index is 13.1. The Morgan fingerprint density at radius 1 is 1.28 bits per heavy atom. The van der Waals surface area contributed by atoms with Crippen molar-refractivity contribution in [3.05, 3.63) is 34.6 Å². The number of hydrogen-bond donors (Lipinski definition) is 1. The second-order valence-corrected chi connectivity index (χ2v) is 6.57. The molecule has 0 radical (unpaired) electrons. The van der Waals surface area contributed by atoms with Gasteiger partial charge in [-0.2, -0.15) is 0 Å². The molecule has 1 unspecified atom stereocenters. The Kier molecular flexibility index (Phi) is 3.70. The summed E-state index contributed by atoms with van der Waals surface area (Å²) in [6.45, 7) is 4.45. The Hall–Kier alpha value is -0.600. The molecule has 0 spiro atoms. The molecule has 18 heavy (non-hydrogen) atoms. The van der Waals surface area contributed by atoms with Gasteiger partial charge < -0.3 is 5.73 Å². The highest BCUT2D eigenvalue weighted by atomic mass is 35.5. The monoisotopic (exact) mass is 269 g/mol. The number of nitrogens with two attached hydrogens (primary N) is 1. The number of halogens is 2. The summed E-state index contributed by atoms with van der Waals surface area (Å²) < 4.78 is 13.1. The first-order valence-electron chi connectivity index (χ1n) is 6.57. The topological polar surface area (TPSA) is 26.0 Å². The Bertz CT molecular complexity index is 444. The standard InChI is InChI=1S/C15H21ClFN/c1-14(2)7-3-4-8-15(14,18)10-11-5-6-12(17)9-13(11)16/h5-6,9H,3-4,7-8,10,18H2,1-2H3. The van der Waals surface area contributed by atoms with Gasteiger partial charge in [0.15, 0.2) is 0 Å². The van der Waals surface area contributed by atoms with Crippen molar-refractivity contribution in [1.29, 1.82) is 0 Å². The van der Waals surface area contributed by atoms with Crippen molar-refractivity contribution < 1.29 is 4.39 Å². The number of hydrogen-bond acceptors (Lipinski definition) is 1. The molecule has 0 aromatic heterocycles. The normalized spacial score (nSPS) is 27.2. The second-order valence-electron chi connectivity index (χ2n) is 6.16. The third kappa shape index (κ3) is 2.55. The van der Waals surface area contributed by atoms with E-state index in [0.29, 0.717) is 5.02 Å². The average molecular weight is 270 g/mol. The summed E-state index contributed by atoms with van der Waals surface area (Å²) in [7, 11) is 0. The third-order valence-electron chi connectivity index (χ3n) is 4.54. The smallest absolute Gasteiger partial charge is 0.124 e. The maximum atomic E-state index is 13.1. The fourth-order valence-corrected chi connectivity index (χ4v) is 3.16. The van der Waals surface area contributed by atoms with Crippen LogP contribution in [0.1, 0.15) is 45.1 Å². The van der Waals surface area contributed by atoms with E-state index in [-0.39, 0.29) is 16.8 Å². The first-order valence-corrected chi connectivity index (χ1v) is 6.95. The lowest BCUT2D eigenvalue weighted by molar-refractivity contribution is 0.0990. The molecular formula is C15H21ClFN. The van der Waals surface area contributed by atoms with Gasteiger partial charge in [0.1, 0.15) is 5.82 Å². The van der Waals surface area contributed by atoms with Gasteiger partial charge in [0.2, 0.25) is 0 Å². The molecule has 1 saturated carbocycles. The lowest BCUT2D eigenvalue weighted by Gasteiger charge is -2.48. The molecular weight excluding hydrogens is 249 g/mol. The van der Waals surface area contributed by atoms with Crippen LogP contribution in [0.2, 0.25) is 5.02 Å². The lowest BCUT2D eigenvalue weighted by atomic mass is 9.61. The van der Waals surface area contributed by atoms with Gasteiger partial charge in [-0.25, -0.2) is 4.39 Å². The van der Waals surface area contributed by atoms with E-state index in [9.17, 15) is 4.39 Å². The summed E-state index contributed by atoms with van der Waals surface area (Å²) in [5, 5.41) is 0.487. The largest absolute Gasteiger partial charge is 0.324 e. The van der Waals surface area contributed by atoms with Crippen molar-refractivity contribution in [2.75, 3.05) is 0 Å².